The van der Waals surface area contributed by atoms with Crippen molar-refractivity contribution in [3.05, 3.63) is 94.5 Å². The first-order chi connectivity index (χ1) is 13.5. The van der Waals surface area contributed by atoms with E-state index in [1.54, 1.807) is 48.5 Å². The molecule has 5 heteroatoms. The Morgan fingerprint density at radius 2 is 1.50 bits per heavy atom. The Bertz CT molecular complexity index is 1100. The van der Waals surface area contributed by atoms with E-state index < -0.39 is 0 Å². The van der Waals surface area contributed by atoms with Crippen LogP contribution in [0.15, 0.2) is 66.7 Å². The fraction of sp³-hybridized carbons (Fsp3) is 0.0870. The zero-order chi connectivity index (χ0) is 20.1. The molecule has 0 fully saturated rings. The summed E-state index contributed by atoms with van der Waals surface area (Å²) in [6.45, 7) is 3.88. The summed E-state index contributed by atoms with van der Waals surface area (Å²) in [4.78, 5) is 25.1. The molecular weight excluding hydrogens is 350 g/mol. The second-order valence-electron chi connectivity index (χ2n) is 6.50. The van der Waals surface area contributed by atoms with Crippen LogP contribution in [0.4, 0.5) is 11.4 Å². The van der Waals surface area contributed by atoms with E-state index in [-0.39, 0.29) is 11.8 Å². The maximum absolute atomic E-state index is 12.6. The van der Waals surface area contributed by atoms with Crippen molar-refractivity contribution in [2.75, 3.05) is 10.6 Å². The smallest absolute Gasteiger partial charge is 0.255 e. The number of carbonyl (C=O) groups is 2. The summed E-state index contributed by atoms with van der Waals surface area (Å²) >= 11 is 0. The SMILES string of the molecule is Cc1ccc(C)c(NC(=O)c2cccc(C(=O)Nc3cccc(C#N)c3)c2)c1. The van der Waals surface area contributed by atoms with Crippen LogP contribution in [0.25, 0.3) is 0 Å². The number of hydrogen-bond donors (Lipinski definition) is 2. The van der Waals surface area contributed by atoms with E-state index in [0.717, 1.165) is 16.8 Å². The molecule has 2 amide bonds. The molecule has 0 radical (unpaired) electrons. The Morgan fingerprint density at radius 3 is 2.21 bits per heavy atom. The van der Waals surface area contributed by atoms with Crippen LogP contribution in [0.3, 0.4) is 0 Å². The number of aryl methyl sites for hydroxylation is 2. The van der Waals surface area contributed by atoms with Gasteiger partial charge < -0.3 is 10.6 Å². The minimum atomic E-state index is -0.350. The highest BCUT2D eigenvalue weighted by molar-refractivity contribution is 6.09. The van der Waals surface area contributed by atoms with Crippen LogP contribution >= 0.6 is 0 Å². The lowest BCUT2D eigenvalue weighted by molar-refractivity contribution is 0.102. The van der Waals surface area contributed by atoms with Gasteiger partial charge in [0.05, 0.1) is 11.6 Å². The molecule has 2 N–H and O–H groups in total. The summed E-state index contributed by atoms with van der Waals surface area (Å²) in [7, 11) is 0. The summed E-state index contributed by atoms with van der Waals surface area (Å²) < 4.78 is 0. The molecule has 0 heterocycles. The van der Waals surface area contributed by atoms with Crippen molar-refractivity contribution in [2.45, 2.75) is 13.8 Å². The molecule has 0 aliphatic heterocycles. The lowest BCUT2D eigenvalue weighted by Gasteiger charge is -2.10. The minimum Gasteiger partial charge on any atom is -0.322 e. The number of rotatable bonds is 4. The van der Waals surface area contributed by atoms with Gasteiger partial charge in [0.2, 0.25) is 0 Å². The van der Waals surface area contributed by atoms with Gasteiger partial charge >= 0.3 is 0 Å². The molecule has 0 saturated carbocycles. The molecule has 3 aromatic rings. The van der Waals surface area contributed by atoms with Crippen LogP contribution in [0.5, 0.6) is 0 Å². The van der Waals surface area contributed by atoms with Crippen LogP contribution in [0.1, 0.15) is 37.4 Å². The molecule has 138 valence electrons. The highest BCUT2D eigenvalue weighted by Crippen LogP contribution is 2.18. The van der Waals surface area contributed by atoms with Gasteiger partial charge in [0.1, 0.15) is 0 Å². The number of nitriles is 1. The molecule has 0 saturated heterocycles. The summed E-state index contributed by atoms with van der Waals surface area (Å²) in [5.41, 5.74) is 4.48. The molecule has 0 spiro atoms. The van der Waals surface area contributed by atoms with Gasteiger partial charge in [0.15, 0.2) is 0 Å². The Balaban J connectivity index is 1.77. The second-order valence-corrected chi connectivity index (χ2v) is 6.50. The van der Waals surface area contributed by atoms with Gasteiger partial charge in [-0.1, -0.05) is 24.3 Å². The fourth-order valence-electron chi connectivity index (χ4n) is 2.74. The van der Waals surface area contributed by atoms with Crippen LogP contribution in [-0.4, -0.2) is 11.8 Å². The van der Waals surface area contributed by atoms with Gasteiger partial charge in [0.25, 0.3) is 11.8 Å². The van der Waals surface area contributed by atoms with E-state index >= 15 is 0 Å². The highest BCUT2D eigenvalue weighted by Gasteiger charge is 2.12. The van der Waals surface area contributed by atoms with Crippen LogP contribution < -0.4 is 10.6 Å². The third kappa shape index (κ3) is 4.43. The van der Waals surface area contributed by atoms with E-state index in [2.05, 4.69) is 10.6 Å². The Morgan fingerprint density at radius 1 is 0.821 bits per heavy atom. The van der Waals surface area contributed by atoms with E-state index in [0.29, 0.717) is 22.4 Å². The van der Waals surface area contributed by atoms with Crippen molar-refractivity contribution in [2.24, 2.45) is 0 Å². The molecule has 0 atom stereocenters. The van der Waals surface area contributed by atoms with Crippen LogP contribution in [0, 0.1) is 25.2 Å². The number of nitrogens with one attached hydrogen (secondary N) is 2. The molecular formula is C23H19N3O2. The lowest BCUT2D eigenvalue weighted by Crippen LogP contribution is -2.16. The molecule has 5 nitrogen and oxygen atoms in total. The van der Waals surface area contributed by atoms with Gasteiger partial charge in [-0.2, -0.15) is 5.26 Å². The van der Waals surface area contributed by atoms with Gasteiger partial charge in [-0.25, -0.2) is 0 Å². The first-order valence-corrected chi connectivity index (χ1v) is 8.76. The molecule has 28 heavy (non-hydrogen) atoms. The van der Waals surface area contributed by atoms with Crippen LogP contribution in [-0.2, 0) is 0 Å². The number of benzene rings is 3. The molecule has 0 aliphatic carbocycles. The fourth-order valence-corrected chi connectivity index (χ4v) is 2.74. The molecule has 0 unspecified atom stereocenters. The number of hydrogen-bond acceptors (Lipinski definition) is 3. The molecule has 0 aliphatic rings. The number of carbonyl (C=O) groups excluding carboxylic acids is 2. The van der Waals surface area contributed by atoms with Crippen molar-refractivity contribution in [1.29, 1.82) is 5.26 Å². The summed E-state index contributed by atoms with van der Waals surface area (Å²) in [5.74, 6) is -0.633. The Kier molecular flexibility index (Phi) is 5.52. The number of nitrogens with zero attached hydrogens (tertiary/aromatic N) is 1. The summed E-state index contributed by atoms with van der Waals surface area (Å²) in [6, 6.07) is 21.0. The Labute approximate surface area is 163 Å². The van der Waals surface area contributed by atoms with E-state index in [1.165, 1.54) is 0 Å². The third-order valence-electron chi connectivity index (χ3n) is 4.28. The average molecular weight is 369 g/mol. The van der Waals surface area contributed by atoms with Gasteiger partial charge in [0, 0.05) is 22.5 Å². The Hall–Kier alpha value is -3.91. The summed E-state index contributed by atoms with van der Waals surface area (Å²) in [6.07, 6.45) is 0. The molecule has 0 bridgehead atoms. The topological polar surface area (TPSA) is 82.0 Å². The molecule has 0 aromatic heterocycles. The van der Waals surface area contributed by atoms with Crippen molar-refractivity contribution in [3.63, 3.8) is 0 Å². The van der Waals surface area contributed by atoms with Crippen molar-refractivity contribution >= 4 is 23.2 Å². The first-order valence-electron chi connectivity index (χ1n) is 8.76. The van der Waals surface area contributed by atoms with Crippen molar-refractivity contribution < 1.29 is 9.59 Å². The average Bonchev–Trinajstić information content (AvgIpc) is 2.71. The lowest BCUT2D eigenvalue weighted by atomic mass is 10.1. The third-order valence-corrected chi connectivity index (χ3v) is 4.28. The zero-order valence-electron chi connectivity index (χ0n) is 15.6. The van der Waals surface area contributed by atoms with E-state index in [1.807, 2.05) is 38.1 Å². The standard InChI is InChI=1S/C23H19N3O2/c1-15-9-10-16(2)21(11-15)26-23(28)19-7-4-6-18(13-19)22(27)25-20-8-3-5-17(12-20)14-24/h3-13H,1-2H3,(H,25,27)(H,26,28). The van der Waals surface area contributed by atoms with E-state index in [4.69, 9.17) is 5.26 Å². The minimum absolute atomic E-state index is 0.283. The van der Waals surface area contributed by atoms with E-state index in [9.17, 15) is 9.59 Å². The van der Waals surface area contributed by atoms with Gasteiger partial charge in [-0.15, -0.1) is 0 Å². The first kappa shape index (κ1) is 18.9. The predicted molar refractivity (Wildman–Crippen MR) is 109 cm³/mol. The van der Waals surface area contributed by atoms with Crippen molar-refractivity contribution in [1.82, 2.24) is 0 Å². The highest BCUT2D eigenvalue weighted by atomic mass is 16.2. The quantitative estimate of drug-likeness (QED) is 0.700. The number of amides is 2. The maximum atomic E-state index is 12.6. The van der Waals surface area contributed by atoms with Crippen molar-refractivity contribution in [3.8, 4) is 6.07 Å². The normalized spacial score (nSPS) is 10.0. The maximum Gasteiger partial charge on any atom is 0.255 e. The largest absolute Gasteiger partial charge is 0.322 e. The summed E-state index contributed by atoms with van der Waals surface area (Å²) in [5, 5.41) is 14.6. The zero-order valence-corrected chi connectivity index (χ0v) is 15.6. The second kappa shape index (κ2) is 8.19. The molecule has 3 aromatic carbocycles. The monoisotopic (exact) mass is 369 g/mol. The predicted octanol–water partition coefficient (Wildman–Crippen LogP) is 4.68. The van der Waals surface area contributed by atoms with Crippen LogP contribution in [0.2, 0.25) is 0 Å². The van der Waals surface area contributed by atoms with Gasteiger partial charge in [-0.05, 0) is 67.4 Å². The molecule has 3 rings (SSSR count). The number of anilines is 2. The van der Waals surface area contributed by atoms with Gasteiger partial charge in [-0.3, -0.25) is 9.59 Å².